The van der Waals surface area contributed by atoms with Gasteiger partial charge in [-0.3, -0.25) is 0 Å². The second-order valence-corrected chi connectivity index (χ2v) is 14.1. The molecule has 0 saturated heterocycles. The van der Waals surface area contributed by atoms with Gasteiger partial charge in [-0.1, -0.05) is 140 Å². The number of benzene rings is 9. The minimum absolute atomic E-state index is 0.875. The SMILES string of the molecule is c1ccc(-c2ccc(N(c3ccc(-c4ccc5c(c4)c4ccccc4n5-c4ccccc4)cc3)c3cc4oc5ccccc5c4c4ccccc34)cc2)cc1. The number of aromatic nitrogens is 1. The van der Waals surface area contributed by atoms with E-state index in [1.165, 1.54) is 49.4 Å². The molecule has 0 bridgehead atoms. The summed E-state index contributed by atoms with van der Waals surface area (Å²) in [6.45, 7) is 0. The molecule has 3 nitrogen and oxygen atoms in total. The van der Waals surface area contributed by atoms with E-state index in [0.717, 1.165) is 50.1 Å². The summed E-state index contributed by atoms with van der Waals surface area (Å²) in [6.07, 6.45) is 0. The number of nitrogens with zero attached hydrogens (tertiary/aromatic N) is 2. The van der Waals surface area contributed by atoms with Crippen LogP contribution in [0, 0.1) is 0 Å². The quantitative estimate of drug-likeness (QED) is 0.172. The van der Waals surface area contributed by atoms with Crippen molar-refractivity contribution in [3.63, 3.8) is 0 Å². The molecule has 55 heavy (non-hydrogen) atoms. The molecule has 0 radical (unpaired) electrons. The fourth-order valence-electron chi connectivity index (χ4n) is 8.43. The summed E-state index contributed by atoms with van der Waals surface area (Å²) < 4.78 is 8.91. The van der Waals surface area contributed by atoms with Gasteiger partial charge in [0.1, 0.15) is 11.2 Å². The zero-order valence-corrected chi connectivity index (χ0v) is 29.9. The van der Waals surface area contributed by atoms with Gasteiger partial charge in [0.25, 0.3) is 0 Å². The Hall–Kier alpha value is -7.36. The summed E-state index contributed by atoms with van der Waals surface area (Å²) in [7, 11) is 0. The number of fused-ring (bicyclic) bond motifs is 8. The Morgan fingerprint density at radius 1 is 0.345 bits per heavy atom. The molecule has 0 spiro atoms. The van der Waals surface area contributed by atoms with Crippen LogP contribution in [0.4, 0.5) is 17.1 Å². The van der Waals surface area contributed by atoms with Crippen LogP contribution in [-0.2, 0) is 0 Å². The number of para-hydroxylation sites is 3. The maximum atomic E-state index is 6.54. The normalized spacial score (nSPS) is 11.6. The van der Waals surface area contributed by atoms with Gasteiger partial charge in [-0.2, -0.15) is 0 Å². The summed E-state index contributed by atoms with van der Waals surface area (Å²) in [5.41, 5.74) is 13.3. The van der Waals surface area contributed by atoms with E-state index in [1.54, 1.807) is 0 Å². The van der Waals surface area contributed by atoms with Crippen molar-refractivity contribution in [1.82, 2.24) is 4.57 Å². The van der Waals surface area contributed by atoms with Crippen LogP contribution in [0.3, 0.4) is 0 Å². The molecule has 0 aliphatic rings. The van der Waals surface area contributed by atoms with Gasteiger partial charge >= 0.3 is 0 Å². The third-order valence-corrected chi connectivity index (χ3v) is 11.0. The smallest absolute Gasteiger partial charge is 0.138 e. The second kappa shape index (κ2) is 12.6. The first kappa shape index (κ1) is 31.2. The van der Waals surface area contributed by atoms with Gasteiger partial charge in [0.05, 0.1) is 16.7 Å². The van der Waals surface area contributed by atoms with Crippen LogP contribution in [0.2, 0.25) is 0 Å². The molecule has 0 saturated carbocycles. The van der Waals surface area contributed by atoms with E-state index < -0.39 is 0 Å². The molecule has 258 valence electrons. The van der Waals surface area contributed by atoms with E-state index >= 15 is 0 Å². The highest BCUT2D eigenvalue weighted by atomic mass is 16.3. The summed E-state index contributed by atoms with van der Waals surface area (Å²) >= 11 is 0. The molecule has 0 atom stereocenters. The Morgan fingerprint density at radius 2 is 0.873 bits per heavy atom. The van der Waals surface area contributed by atoms with Gasteiger partial charge in [-0.25, -0.2) is 0 Å². The molecule has 0 aliphatic carbocycles. The molecule has 0 unspecified atom stereocenters. The largest absolute Gasteiger partial charge is 0.456 e. The fourth-order valence-corrected chi connectivity index (χ4v) is 8.43. The predicted molar refractivity (Wildman–Crippen MR) is 231 cm³/mol. The Labute approximate surface area is 318 Å². The lowest BCUT2D eigenvalue weighted by Gasteiger charge is -2.27. The average molecular weight is 703 g/mol. The standard InChI is InChI=1S/C52H34N2O/c1-3-13-35(14-4-1)36-23-28-40(29-24-36)53(49-34-51-52(44-19-8-7-17-42(44)49)45-20-10-12-22-50(45)55-51)41-30-25-37(26-31-41)38-27-32-48-46(33-38)43-18-9-11-21-47(43)54(48)39-15-5-2-6-16-39/h1-34H. The molecule has 3 heteroatoms. The van der Waals surface area contributed by atoms with Gasteiger partial charge in [0, 0.05) is 50.1 Å². The molecular weight excluding hydrogens is 669 g/mol. The molecule has 0 aliphatic heterocycles. The number of rotatable bonds is 6. The number of anilines is 3. The molecule has 2 aromatic heterocycles. The van der Waals surface area contributed by atoms with Gasteiger partial charge in [0.2, 0.25) is 0 Å². The lowest BCUT2D eigenvalue weighted by molar-refractivity contribution is 0.669. The first-order valence-corrected chi connectivity index (χ1v) is 18.8. The van der Waals surface area contributed by atoms with Crippen LogP contribution in [0.15, 0.2) is 211 Å². The summed E-state index contributed by atoms with van der Waals surface area (Å²) in [6, 6.07) is 73.8. The third-order valence-electron chi connectivity index (χ3n) is 11.0. The fraction of sp³-hybridized carbons (Fsp3) is 0. The van der Waals surface area contributed by atoms with Crippen molar-refractivity contribution in [3.05, 3.63) is 206 Å². The van der Waals surface area contributed by atoms with Gasteiger partial charge in [-0.15, -0.1) is 0 Å². The second-order valence-electron chi connectivity index (χ2n) is 14.1. The first-order valence-electron chi connectivity index (χ1n) is 18.8. The zero-order valence-electron chi connectivity index (χ0n) is 29.9. The van der Waals surface area contributed by atoms with E-state index in [9.17, 15) is 0 Å². The molecule has 9 aromatic carbocycles. The molecule has 11 aromatic rings. The highest BCUT2D eigenvalue weighted by Crippen LogP contribution is 2.45. The van der Waals surface area contributed by atoms with Crippen molar-refractivity contribution in [2.75, 3.05) is 4.90 Å². The number of furan rings is 1. The molecular formula is C52H34N2O. The zero-order chi connectivity index (χ0) is 36.3. The van der Waals surface area contributed by atoms with Crippen molar-refractivity contribution in [1.29, 1.82) is 0 Å². The minimum Gasteiger partial charge on any atom is -0.456 e. The first-order chi connectivity index (χ1) is 27.3. The van der Waals surface area contributed by atoms with Crippen LogP contribution in [0.5, 0.6) is 0 Å². The number of hydrogen-bond acceptors (Lipinski definition) is 2. The summed E-state index contributed by atoms with van der Waals surface area (Å²) in [4.78, 5) is 2.37. The van der Waals surface area contributed by atoms with E-state index in [2.05, 4.69) is 210 Å². The Kier molecular flexibility index (Phi) is 7.17. The maximum Gasteiger partial charge on any atom is 0.138 e. The van der Waals surface area contributed by atoms with E-state index in [-0.39, 0.29) is 0 Å². The lowest BCUT2D eigenvalue weighted by Crippen LogP contribution is -2.10. The van der Waals surface area contributed by atoms with E-state index in [0.29, 0.717) is 0 Å². The molecule has 2 heterocycles. The molecule has 0 N–H and O–H groups in total. The highest BCUT2D eigenvalue weighted by molar-refractivity contribution is 6.22. The molecule has 11 rings (SSSR count). The maximum absolute atomic E-state index is 6.54. The summed E-state index contributed by atoms with van der Waals surface area (Å²) in [5.74, 6) is 0. The van der Waals surface area contributed by atoms with Crippen molar-refractivity contribution in [3.8, 4) is 27.9 Å². The van der Waals surface area contributed by atoms with Gasteiger partial charge in [0.15, 0.2) is 0 Å². The van der Waals surface area contributed by atoms with E-state index in [1.807, 2.05) is 6.07 Å². The van der Waals surface area contributed by atoms with Crippen LogP contribution in [-0.4, -0.2) is 4.57 Å². The van der Waals surface area contributed by atoms with E-state index in [4.69, 9.17) is 4.42 Å². The molecule has 0 amide bonds. The van der Waals surface area contributed by atoms with Crippen LogP contribution < -0.4 is 4.90 Å². The van der Waals surface area contributed by atoms with Crippen molar-refractivity contribution in [2.24, 2.45) is 0 Å². The molecule has 0 fully saturated rings. The lowest BCUT2D eigenvalue weighted by atomic mass is 9.99. The van der Waals surface area contributed by atoms with Gasteiger partial charge in [-0.05, 0) is 88.3 Å². The van der Waals surface area contributed by atoms with Gasteiger partial charge < -0.3 is 13.9 Å². The topological polar surface area (TPSA) is 21.3 Å². The van der Waals surface area contributed by atoms with Crippen molar-refractivity contribution in [2.45, 2.75) is 0 Å². The highest BCUT2D eigenvalue weighted by Gasteiger charge is 2.21. The Bertz CT molecular complexity index is 3180. The van der Waals surface area contributed by atoms with Crippen LogP contribution in [0.1, 0.15) is 0 Å². The van der Waals surface area contributed by atoms with Crippen LogP contribution >= 0.6 is 0 Å². The third kappa shape index (κ3) is 5.13. The van der Waals surface area contributed by atoms with Crippen LogP contribution in [0.25, 0.3) is 82.5 Å². The van der Waals surface area contributed by atoms with Crippen molar-refractivity contribution < 1.29 is 4.42 Å². The Balaban J connectivity index is 1.07. The minimum atomic E-state index is 0.875. The monoisotopic (exact) mass is 702 g/mol. The number of hydrogen-bond donors (Lipinski definition) is 0. The van der Waals surface area contributed by atoms with Crippen molar-refractivity contribution >= 4 is 71.6 Å². The predicted octanol–water partition coefficient (Wildman–Crippen LogP) is 14.6. The average Bonchev–Trinajstić information content (AvgIpc) is 3.80. The Morgan fingerprint density at radius 3 is 1.60 bits per heavy atom. The summed E-state index contributed by atoms with van der Waals surface area (Å²) in [5, 5.41) is 7.11.